The van der Waals surface area contributed by atoms with Gasteiger partial charge >= 0.3 is 0 Å². The first kappa shape index (κ1) is 12.5. The third-order valence-corrected chi connectivity index (χ3v) is 3.19. The summed E-state index contributed by atoms with van der Waals surface area (Å²) < 4.78 is 4.76. The van der Waals surface area contributed by atoms with Crippen LogP contribution >= 0.6 is 0 Å². The minimum atomic E-state index is 0.572. The Kier molecular flexibility index (Phi) is 4.50. The van der Waals surface area contributed by atoms with Gasteiger partial charge in [0.15, 0.2) is 5.82 Å². The zero-order valence-corrected chi connectivity index (χ0v) is 10.7. The van der Waals surface area contributed by atoms with Crippen molar-refractivity contribution in [3.63, 3.8) is 0 Å². The van der Waals surface area contributed by atoms with Crippen LogP contribution in [0.3, 0.4) is 0 Å². The fourth-order valence-electron chi connectivity index (χ4n) is 2.33. The molecule has 0 radical (unpaired) electrons. The molecule has 0 aromatic carbocycles. The Morgan fingerprint density at radius 3 is 3.18 bits per heavy atom. The van der Waals surface area contributed by atoms with Gasteiger partial charge in [-0.15, -0.1) is 0 Å². The molecule has 1 aromatic heterocycles. The Labute approximate surface area is 103 Å². The maximum absolute atomic E-state index is 4.76. The molecule has 17 heavy (non-hydrogen) atoms. The summed E-state index contributed by atoms with van der Waals surface area (Å²) in [7, 11) is 0. The molecule has 1 aliphatic rings. The molecule has 1 unspecified atom stereocenters. The van der Waals surface area contributed by atoms with Crippen molar-refractivity contribution in [2.24, 2.45) is 5.92 Å². The lowest BCUT2D eigenvalue weighted by Crippen LogP contribution is -2.40. The molecule has 1 aliphatic heterocycles. The molecule has 2 rings (SSSR count). The van der Waals surface area contributed by atoms with Crippen LogP contribution in [0.15, 0.2) is 10.9 Å². The van der Waals surface area contributed by atoms with Gasteiger partial charge in [0.1, 0.15) is 0 Å². The van der Waals surface area contributed by atoms with Crippen molar-refractivity contribution in [1.82, 2.24) is 20.4 Å². The molecule has 2 heterocycles. The van der Waals surface area contributed by atoms with E-state index in [9.17, 15) is 0 Å². The van der Waals surface area contributed by atoms with Crippen LogP contribution in [0.5, 0.6) is 0 Å². The van der Waals surface area contributed by atoms with Gasteiger partial charge in [-0.1, -0.05) is 19.0 Å². The van der Waals surface area contributed by atoms with E-state index in [0.717, 1.165) is 37.9 Å². The molecule has 0 spiro atoms. The van der Waals surface area contributed by atoms with E-state index in [0.29, 0.717) is 6.04 Å². The van der Waals surface area contributed by atoms with Gasteiger partial charge in [-0.05, 0) is 31.8 Å². The molecule has 1 saturated heterocycles. The van der Waals surface area contributed by atoms with Gasteiger partial charge in [0, 0.05) is 12.6 Å². The van der Waals surface area contributed by atoms with E-state index in [1.807, 2.05) is 0 Å². The largest absolute Gasteiger partial charge is 0.343 e. The second-order valence-electron chi connectivity index (χ2n) is 5.15. The van der Waals surface area contributed by atoms with E-state index in [2.05, 4.69) is 34.2 Å². The van der Waals surface area contributed by atoms with Gasteiger partial charge in [-0.25, -0.2) is 0 Å². The number of nitrogens with zero attached hydrogens (tertiary/aromatic N) is 3. The highest BCUT2D eigenvalue weighted by Crippen LogP contribution is 2.17. The van der Waals surface area contributed by atoms with E-state index in [4.69, 9.17) is 4.52 Å². The Morgan fingerprint density at radius 1 is 1.59 bits per heavy atom. The lowest BCUT2D eigenvalue weighted by atomic mass is 9.98. The molecule has 0 amide bonds. The summed E-state index contributed by atoms with van der Waals surface area (Å²) in [5, 5.41) is 7.38. The second kappa shape index (κ2) is 6.12. The van der Waals surface area contributed by atoms with Crippen LogP contribution in [-0.4, -0.2) is 40.7 Å². The quantitative estimate of drug-likeness (QED) is 0.837. The van der Waals surface area contributed by atoms with Gasteiger partial charge < -0.3 is 9.84 Å². The molecular formula is C12H22N4O. The Balaban J connectivity index is 1.76. The van der Waals surface area contributed by atoms with Gasteiger partial charge in [-0.2, -0.15) is 4.98 Å². The van der Waals surface area contributed by atoms with Crippen molar-refractivity contribution in [3.05, 3.63) is 12.2 Å². The molecule has 0 saturated carbocycles. The molecule has 5 nitrogen and oxygen atoms in total. The first-order valence-electron chi connectivity index (χ1n) is 6.45. The van der Waals surface area contributed by atoms with Crippen LogP contribution in [0.25, 0.3) is 0 Å². The zero-order chi connectivity index (χ0) is 12.1. The summed E-state index contributed by atoms with van der Waals surface area (Å²) in [5.41, 5.74) is 0. The highest BCUT2D eigenvalue weighted by molar-refractivity contribution is 4.82. The van der Waals surface area contributed by atoms with E-state index < -0.39 is 0 Å². The van der Waals surface area contributed by atoms with Crippen molar-refractivity contribution in [2.45, 2.75) is 39.3 Å². The fraction of sp³-hybridized carbons (Fsp3) is 0.833. The summed E-state index contributed by atoms with van der Waals surface area (Å²) in [6, 6.07) is 0.572. The van der Waals surface area contributed by atoms with E-state index in [1.165, 1.54) is 19.2 Å². The van der Waals surface area contributed by atoms with Crippen LogP contribution < -0.4 is 5.32 Å². The van der Waals surface area contributed by atoms with Gasteiger partial charge in [0.25, 0.3) is 0 Å². The molecule has 96 valence electrons. The first-order valence-corrected chi connectivity index (χ1v) is 6.45. The van der Waals surface area contributed by atoms with Crippen molar-refractivity contribution >= 4 is 0 Å². The molecule has 0 aliphatic carbocycles. The molecule has 1 atom stereocenters. The van der Waals surface area contributed by atoms with Crippen molar-refractivity contribution < 1.29 is 4.52 Å². The van der Waals surface area contributed by atoms with Crippen LogP contribution in [0.4, 0.5) is 0 Å². The number of rotatable bonds is 5. The molecular weight excluding hydrogens is 216 g/mol. The third kappa shape index (κ3) is 4.09. The molecule has 0 bridgehead atoms. The number of hydrogen-bond acceptors (Lipinski definition) is 5. The van der Waals surface area contributed by atoms with E-state index in [1.54, 1.807) is 0 Å². The average molecular weight is 238 g/mol. The maximum Gasteiger partial charge on any atom is 0.213 e. The summed E-state index contributed by atoms with van der Waals surface area (Å²) in [5.74, 6) is 1.54. The van der Waals surface area contributed by atoms with Crippen molar-refractivity contribution in [3.8, 4) is 0 Å². The number of hydrogen-bond donors (Lipinski definition) is 1. The Hall–Kier alpha value is -0.940. The SMILES string of the molecule is CC(C)NCC1CCCN(Cc2ncon2)C1. The van der Waals surface area contributed by atoms with Crippen molar-refractivity contribution in [1.29, 1.82) is 0 Å². The minimum Gasteiger partial charge on any atom is -0.343 e. The lowest BCUT2D eigenvalue weighted by molar-refractivity contribution is 0.159. The second-order valence-corrected chi connectivity index (χ2v) is 5.15. The number of nitrogens with one attached hydrogen (secondary N) is 1. The molecule has 1 aromatic rings. The van der Waals surface area contributed by atoms with Gasteiger partial charge in [-0.3, -0.25) is 4.90 Å². The third-order valence-electron chi connectivity index (χ3n) is 3.19. The van der Waals surface area contributed by atoms with Gasteiger partial charge in [0.2, 0.25) is 6.39 Å². The Morgan fingerprint density at radius 2 is 2.47 bits per heavy atom. The summed E-state index contributed by atoms with van der Waals surface area (Å²) in [4.78, 5) is 6.49. The van der Waals surface area contributed by atoms with Crippen molar-refractivity contribution in [2.75, 3.05) is 19.6 Å². The molecule has 1 N–H and O–H groups in total. The monoisotopic (exact) mass is 238 g/mol. The predicted octanol–water partition coefficient (Wildman–Crippen LogP) is 1.28. The number of aromatic nitrogens is 2. The van der Waals surface area contributed by atoms with E-state index >= 15 is 0 Å². The smallest absolute Gasteiger partial charge is 0.213 e. The van der Waals surface area contributed by atoms with E-state index in [-0.39, 0.29) is 0 Å². The number of piperidine rings is 1. The highest BCUT2D eigenvalue weighted by atomic mass is 16.5. The average Bonchev–Trinajstić information content (AvgIpc) is 2.80. The fourth-order valence-corrected chi connectivity index (χ4v) is 2.33. The van der Waals surface area contributed by atoms with Crippen LogP contribution in [0.1, 0.15) is 32.5 Å². The molecule has 5 heteroatoms. The Bertz CT molecular complexity index is 312. The summed E-state index contributed by atoms with van der Waals surface area (Å²) >= 11 is 0. The maximum atomic E-state index is 4.76. The van der Waals surface area contributed by atoms with Crippen LogP contribution in [0.2, 0.25) is 0 Å². The highest BCUT2D eigenvalue weighted by Gasteiger charge is 2.20. The minimum absolute atomic E-state index is 0.572. The number of likely N-dealkylation sites (tertiary alicyclic amines) is 1. The topological polar surface area (TPSA) is 54.2 Å². The van der Waals surface area contributed by atoms with Crippen LogP contribution in [-0.2, 0) is 6.54 Å². The standard InChI is InChI=1S/C12H22N4O/c1-10(2)13-6-11-4-3-5-16(7-11)8-12-14-9-17-15-12/h9-11,13H,3-8H2,1-2H3. The van der Waals surface area contributed by atoms with Gasteiger partial charge in [0.05, 0.1) is 6.54 Å². The predicted molar refractivity (Wildman–Crippen MR) is 65.4 cm³/mol. The molecule has 1 fully saturated rings. The normalized spacial score (nSPS) is 22.2. The lowest BCUT2D eigenvalue weighted by Gasteiger charge is -2.32. The zero-order valence-electron chi connectivity index (χ0n) is 10.7. The summed E-state index contributed by atoms with van der Waals surface area (Å²) in [6.45, 7) is 8.59. The first-order chi connectivity index (χ1) is 8.24. The summed E-state index contributed by atoms with van der Waals surface area (Å²) in [6.07, 6.45) is 3.99. The van der Waals surface area contributed by atoms with Crippen LogP contribution in [0, 0.1) is 5.92 Å².